The summed E-state index contributed by atoms with van der Waals surface area (Å²) in [5, 5.41) is 10.5. The number of nitro groups is 1. The molecule has 1 aromatic rings. The normalized spacial score (nSPS) is 9.57. The molecule has 0 aliphatic carbocycles. The molecule has 0 atom stereocenters. The van der Waals surface area contributed by atoms with Gasteiger partial charge in [-0.15, -0.1) is 0 Å². The molecule has 0 radical (unpaired) electrons. The molecule has 0 aromatic heterocycles. The fourth-order valence-corrected chi connectivity index (χ4v) is 1.15. The molecule has 0 heterocycles. The molecule has 1 rings (SSSR count). The van der Waals surface area contributed by atoms with Gasteiger partial charge in [0.05, 0.1) is 18.1 Å². The van der Waals surface area contributed by atoms with Gasteiger partial charge < -0.3 is 4.74 Å². The lowest BCUT2D eigenvalue weighted by molar-refractivity contribution is -0.384. The first kappa shape index (κ1) is 10.2. The van der Waals surface area contributed by atoms with E-state index in [0.29, 0.717) is 5.75 Å². The lowest BCUT2D eigenvalue weighted by Crippen LogP contribution is -1.93. The van der Waals surface area contributed by atoms with Crippen LogP contribution in [0.25, 0.3) is 5.57 Å². The Labute approximate surface area is 82.0 Å². The molecule has 0 amide bonds. The van der Waals surface area contributed by atoms with Gasteiger partial charge in [-0.1, -0.05) is 6.58 Å². The predicted molar refractivity (Wildman–Crippen MR) is 54.4 cm³/mol. The number of non-ortho nitro benzene ring substituents is 1. The number of ether oxygens (including phenoxy) is 1. The van der Waals surface area contributed by atoms with Crippen molar-refractivity contribution in [2.24, 2.45) is 0 Å². The number of hydrogen-bond acceptors (Lipinski definition) is 3. The van der Waals surface area contributed by atoms with E-state index in [2.05, 4.69) is 6.58 Å². The summed E-state index contributed by atoms with van der Waals surface area (Å²) < 4.78 is 5.03. The van der Waals surface area contributed by atoms with Crippen molar-refractivity contribution in [2.75, 3.05) is 7.11 Å². The Morgan fingerprint density at radius 3 is 2.64 bits per heavy atom. The van der Waals surface area contributed by atoms with Crippen LogP contribution < -0.4 is 4.74 Å². The van der Waals surface area contributed by atoms with E-state index >= 15 is 0 Å². The van der Waals surface area contributed by atoms with Gasteiger partial charge in [-0.05, 0) is 18.6 Å². The molecule has 0 fully saturated rings. The van der Waals surface area contributed by atoms with E-state index in [4.69, 9.17) is 4.74 Å². The molecule has 0 saturated heterocycles. The van der Waals surface area contributed by atoms with Crippen LogP contribution in [0.3, 0.4) is 0 Å². The first-order valence-electron chi connectivity index (χ1n) is 4.04. The zero-order valence-electron chi connectivity index (χ0n) is 8.11. The van der Waals surface area contributed by atoms with Crippen LogP contribution in [0.2, 0.25) is 0 Å². The fourth-order valence-electron chi connectivity index (χ4n) is 1.15. The highest BCUT2D eigenvalue weighted by Gasteiger charge is 2.10. The number of rotatable bonds is 3. The maximum absolute atomic E-state index is 10.5. The van der Waals surface area contributed by atoms with Gasteiger partial charge in [0.2, 0.25) is 0 Å². The number of allylic oxidation sites excluding steroid dienone is 1. The van der Waals surface area contributed by atoms with Gasteiger partial charge in [-0.25, -0.2) is 0 Å². The maximum atomic E-state index is 10.5. The molecule has 0 aliphatic rings. The standard InChI is InChI=1S/C10H11NO3/c1-7(2)9-5-4-8(11(12)13)6-10(9)14-3/h4-6H,1H2,2-3H3. The molecular weight excluding hydrogens is 182 g/mol. The lowest BCUT2D eigenvalue weighted by atomic mass is 10.1. The summed E-state index contributed by atoms with van der Waals surface area (Å²) in [5.74, 6) is 0.478. The Balaban J connectivity index is 3.25. The Morgan fingerprint density at radius 2 is 2.21 bits per heavy atom. The quantitative estimate of drug-likeness (QED) is 0.547. The zero-order chi connectivity index (χ0) is 10.7. The third kappa shape index (κ3) is 1.90. The molecule has 0 N–H and O–H groups in total. The Bertz CT molecular complexity index is 385. The van der Waals surface area contributed by atoms with Crippen molar-refractivity contribution in [2.45, 2.75) is 6.92 Å². The van der Waals surface area contributed by atoms with Crippen LogP contribution in [0.4, 0.5) is 5.69 Å². The van der Waals surface area contributed by atoms with E-state index in [-0.39, 0.29) is 5.69 Å². The van der Waals surface area contributed by atoms with Crippen molar-refractivity contribution in [1.82, 2.24) is 0 Å². The first-order valence-corrected chi connectivity index (χ1v) is 4.04. The minimum atomic E-state index is -0.454. The van der Waals surface area contributed by atoms with Crippen molar-refractivity contribution >= 4 is 11.3 Å². The molecule has 1 aromatic carbocycles. The zero-order valence-corrected chi connectivity index (χ0v) is 8.11. The number of benzene rings is 1. The average molecular weight is 193 g/mol. The first-order chi connectivity index (χ1) is 6.56. The lowest BCUT2D eigenvalue weighted by Gasteiger charge is -2.06. The molecule has 0 bridgehead atoms. The Kier molecular flexibility index (Phi) is 2.86. The summed E-state index contributed by atoms with van der Waals surface area (Å²) >= 11 is 0. The molecular formula is C10H11NO3. The molecule has 14 heavy (non-hydrogen) atoms. The summed E-state index contributed by atoms with van der Waals surface area (Å²) in [7, 11) is 1.48. The minimum absolute atomic E-state index is 0.0202. The SMILES string of the molecule is C=C(C)c1ccc([N+](=O)[O-])cc1OC. The summed E-state index contributed by atoms with van der Waals surface area (Å²) in [6, 6.07) is 4.47. The fraction of sp³-hybridized carbons (Fsp3) is 0.200. The summed E-state index contributed by atoms with van der Waals surface area (Å²) in [6.45, 7) is 5.58. The topological polar surface area (TPSA) is 52.4 Å². The molecule has 4 nitrogen and oxygen atoms in total. The van der Waals surface area contributed by atoms with Gasteiger partial charge >= 0.3 is 0 Å². The van der Waals surface area contributed by atoms with Crippen molar-refractivity contribution < 1.29 is 9.66 Å². The third-order valence-corrected chi connectivity index (χ3v) is 1.86. The second-order valence-corrected chi connectivity index (χ2v) is 2.92. The number of nitro benzene ring substituents is 1. The maximum Gasteiger partial charge on any atom is 0.273 e. The minimum Gasteiger partial charge on any atom is -0.496 e. The van der Waals surface area contributed by atoms with Crippen LogP contribution in [0.5, 0.6) is 5.75 Å². The highest BCUT2D eigenvalue weighted by molar-refractivity contribution is 5.68. The van der Waals surface area contributed by atoms with E-state index in [0.717, 1.165) is 11.1 Å². The molecule has 0 unspecified atom stereocenters. The van der Waals surface area contributed by atoms with Crippen LogP contribution in [0.1, 0.15) is 12.5 Å². The summed E-state index contributed by atoms with van der Waals surface area (Å²) in [6.07, 6.45) is 0. The van der Waals surface area contributed by atoms with E-state index in [1.165, 1.54) is 19.2 Å². The van der Waals surface area contributed by atoms with E-state index in [9.17, 15) is 10.1 Å². The second-order valence-electron chi connectivity index (χ2n) is 2.92. The van der Waals surface area contributed by atoms with Gasteiger partial charge in [-0.3, -0.25) is 10.1 Å². The van der Waals surface area contributed by atoms with Gasteiger partial charge in [0.25, 0.3) is 5.69 Å². The van der Waals surface area contributed by atoms with Gasteiger partial charge in [-0.2, -0.15) is 0 Å². The second kappa shape index (κ2) is 3.91. The van der Waals surface area contributed by atoms with Crippen LogP contribution in [-0.4, -0.2) is 12.0 Å². The Morgan fingerprint density at radius 1 is 1.57 bits per heavy atom. The largest absolute Gasteiger partial charge is 0.496 e. The number of nitrogens with zero attached hydrogens (tertiary/aromatic N) is 1. The van der Waals surface area contributed by atoms with Crippen molar-refractivity contribution in [1.29, 1.82) is 0 Å². The average Bonchev–Trinajstić information content (AvgIpc) is 2.16. The van der Waals surface area contributed by atoms with E-state index in [1.807, 2.05) is 6.92 Å². The highest BCUT2D eigenvalue weighted by Crippen LogP contribution is 2.28. The van der Waals surface area contributed by atoms with Gasteiger partial charge in [0, 0.05) is 11.6 Å². The summed E-state index contributed by atoms with van der Waals surface area (Å²) in [4.78, 5) is 10.0. The monoisotopic (exact) mass is 193 g/mol. The molecule has 74 valence electrons. The van der Waals surface area contributed by atoms with Crippen LogP contribution in [-0.2, 0) is 0 Å². The van der Waals surface area contributed by atoms with Gasteiger partial charge in [0.1, 0.15) is 5.75 Å². The van der Waals surface area contributed by atoms with Crippen LogP contribution in [0.15, 0.2) is 24.8 Å². The predicted octanol–water partition coefficient (Wildman–Crippen LogP) is 2.64. The molecule has 4 heteroatoms. The summed E-state index contributed by atoms with van der Waals surface area (Å²) in [5.41, 5.74) is 1.63. The van der Waals surface area contributed by atoms with Crippen molar-refractivity contribution in [3.63, 3.8) is 0 Å². The molecule has 0 spiro atoms. The Hall–Kier alpha value is -1.84. The van der Waals surface area contributed by atoms with Gasteiger partial charge in [0.15, 0.2) is 0 Å². The van der Waals surface area contributed by atoms with Crippen molar-refractivity contribution in [3.05, 3.63) is 40.5 Å². The number of methoxy groups -OCH3 is 1. The van der Waals surface area contributed by atoms with Crippen LogP contribution in [0, 0.1) is 10.1 Å². The van der Waals surface area contributed by atoms with Crippen LogP contribution >= 0.6 is 0 Å². The van der Waals surface area contributed by atoms with Crippen molar-refractivity contribution in [3.8, 4) is 5.75 Å². The molecule has 0 saturated carbocycles. The van der Waals surface area contributed by atoms with E-state index in [1.54, 1.807) is 6.07 Å². The smallest absolute Gasteiger partial charge is 0.273 e. The van der Waals surface area contributed by atoms with E-state index < -0.39 is 4.92 Å². The molecule has 0 aliphatic heterocycles. The number of hydrogen-bond donors (Lipinski definition) is 0. The highest BCUT2D eigenvalue weighted by atomic mass is 16.6. The third-order valence-electron chi connectivity index (χ3n) is 1.86.